The lowest BCUT2D eigenvalue weighted by molar-refractivity contribution is -0.122. The van der Waals surface area contributed by atoms with E-state index < -0.39 is 0 Å². The maximum atomic E-state index is 12.2. The van der Waals surface area contributed by atoms with Crippen LogP contribution in [0.4, 0.5) is 5.69 Å². The van der Waals surface area contributed by atoms with Gasteiger partial charge in [-0.15, -0.1) is 0 Å². The molecule has 2 aromatic rings. The average molecular weight is 343 g/mol. The summed E-state index contributed by atoms with van der Waals surface area (Å²) in [5.74, 6) is 0.132. The molecule has 3 rings (SSSR count). The normalized spacial score (nSPS) is 15.2. The molecule has 1 saturated heterocycles. The second kappa shape index (κ2) is 7.77. The van der Waals surface area contributed by atoms with Gasteiger partial charge >= 0.3 is 0 Å². The van der Waals surface area contributed by atoms with E-state index in [9.17, 15) is 4.79 Å². The molecular formula is C18H21N3O2S. The SMILES string of the molecule is Cc1cc(C)nc(Sc2ccc(NC(=O)C3CCOCC3)cc2)n1. The van der Waals surface area contributed by atoms with Gasteiger partial charge in [0.15, 0.2) is 5.16 Å². The monoisotopic (exact) mass is 343 g/mol. The van der Waals surface area contributed by atoms with Crippen LogP contribution in [0.3, 0.4) is 0 Å². The fourth-order valence-electron chi connectivity index (χ4n) is 2.66. The first-order valence-corrected chi connectivity index (χ1v) is 8.90. The minimum Gasteiger partial charge on any atom is -0.381 e. The van der Waals surface area contributed by atoms with Crippen molar-refractivity contribution in [3.63, 3.8) is 0 Å². The van der Waals surface area contributed by atoms with Gasteiger partial charge in [0.25, 0.3) is 0 Å². The predicted octanol–water partition coefficient (Wildman–Crippen LogP) is 3.61. The fraction of sp³-hybridized carbons (Fsp3) is 0.389. The van der Waals surface area contributed by atoms with E-state index in [1.54, 1.807) is 0 Å². The largest absolute Gasteiger partial charge is 0.381 e. The highest BCUT2D eigenvalue weighted by atomic mass is 32.2. The first-order valence-electron chi connectivity index (χ1n) is 8.09. The van der Waals surface area contributed by atoms with Crippen molar-refractivity contribution < 1.29 is 9.53 Å². The van der Waals surface area contributed by atoms with Gasteiger partial charge in [0.1, 0.15) is 0 Å². The van der Waals surface area contributed by atoms with Crippen LogP contribution in [0.5, 0.6) is 0 Å². The quantitative estimate of drug-likeness (QED) is 0.859. The number of carbonyl (C=O) groups is 1. The third kappa shape index (κ3) is 4.55. The molecule has 0 bridgehead atoms. The third-order valence-electron chi connectivity index (χ3n) is 3.88. The molecule has 1 aromatic heterocycles. The van der Waals surface area contributed by atoms with Crippen LogP contribution >= 0.6 is 11.8 Å². The van der Waals surface area contributed by atoms with Crippen LogP contribution in [0.1, 0.15) is 24.2 Å². The molecule has 1 aliphatic heterocycles. The second-order valence-corrected chi connectivity index (χ2v) is 6.98. The van der Waals surface area contributed by atoms with Crippen molar-refractivity contribution in [1.29, 1.82) is 0 Å². The standard InChI is InChI=1S/C18H21N3O2S/c1-12-11-13(2)20-18(19-12)24-16-5-3-15(4-6-16)21-17(22)14-7-9-23-10-8-14/h3-6,11,14H,7-10H2,1-2H3,(H,21,22). The summed E-state index contributed by atoms with van der Waals surface area (Å²) < 4.78 is 5.29. The molecule has 126 valence electrons. The van der Waals surface area contributed by atoms with Crippen LogP contribution in [0, 0.1) is 19.8 Å². The highest BCUT2D eigenvalue weighted by Crippen LogP contribution is 2.26. The Balaban J connectivity index is 1.61. The molecule has 0 saturated carbocycles. The molecule has 1 N–H and O–H groups in total. The Labute approximate surface area is 146 Å². The van der Waals surface area contributed by atoms with Crippen LogP contribution < -0.4 is 5.32 Å². The van der Waals surface area contributed by atoms with Crippen LogP contribution in [0.25, 0.3) is 0 Å². The number of carbonyl (C=O) groups excluding carboxylic acids is 1. The molecule has 1 aliphatic rings. The van der Waals surface area contributed by atoms with E-state index in [1.807, 2.05) is 44.2 Å². The highest BCUT2D eigenvalue weighted by molar-refractivity contribution is 7.99. The van der Waals surface area contributed by atoms with Gasteiger partial charge in [-0.05, 0) is 68.8 Å². The number of anilines is 1. The van der Waals surface area contributed by atoms with E-state index in [-0.39, 0.29) is 11.8 Å². The van der Waals surface area contributed by atoms with Gasteiger partial charge < -0.3 is 10.1 Å². The van der Waals surface area contributed by atoms with Gasteiger partial charge in [0, 0.05) is 41.1 Å². The van der Waals surface area contributed by atoms with Crippen molar-refractivity contribution in [1.82, 2.24) is 9.97 Å². The molecule has 5 nitrogen and oxygen atoms in total. The topological polar surface area (TPSA) is 64.1 Å². The van der Waals surface area contributed by atoms with Gasteiger partial charge in [-0.25, -0.2) is 9.97 Å². The minimum atomic E-state index is 0.0523. The smallest absolute Gasteiger partial charge is 0.227 e. The zero-order chi connectivity index (χ0) is 16.9. The molecule has 1 aromatic carbocycles. The molecule has 0 radical (unpaired) electrons. The third-order valence-corrected chi connectivity index (χ3v) is 4.76. The summed E-state index contributed by atoms with van der Waals surface area (Å²) in [6.45, 7) is 5.27. The second-order valence-electron chi connectivity index (χ2n) is 5.94. The number of hydrogen-bond acceptors (Lipinski definition) is 5. The molecule has 1 fully saturated rings. The number of aromatic nitrogens is 2. The van der Waals surface area contributed by atoms with Crippen molar-refractivity contribution >= 4 is 23.4 Å². The first-order chi connectivity index (χ1) is 11.6. The summed E-state index contributed by atoms with van der Waals surface area (Å²) >= 11 is 1.52. The van der Waals surface area contributed by atoms with Gasteiger partial charge in [0.05, 0.1) is 0 Å². The number of nitrogens with one attached hydrogen (secondary N) is 1. The number of benzene rings is 1. The summed E-state index contributed by atoms with van der Waals surface area (Å²) in [5, 5.41) is 3.73. The summed E-state index contributed by atoms with van der Waals surface area (Å²) in [6, 6.07) is 9.75. The lowest BCUT2D eigenvalue weighted by atomic mass is 9.99. The van der Waals surface area contributed by atoms with Crippen molar-refractivity contribution in [3.8, 4) is 0 Å². The van der Waals surface area contributed by atoms with Crippen molar-refractivity contribution in [3.05, 3.63) is 41.7 Å². The Kier molecular flexibility index (Phi) is 5.48. The minimum absolute atomic E-state index is 0.0523. The van der Waals surface area contributed by atoms with Gasteiger partial charge in [-0.1, -0.05) is 0 Å². The number of aryl methyl sites for hydroxylation is 2. The zero-order valence-electron chi connectivity index (χ0n) is 13.9. The maximum Gasteiger partial charge on any atom is 0.227 e. The van der Waals surface area contributed by atoms with Crippen molar-refractivity contribution in [2.24, 2.45) is 5.92 Å². The zero-order valence-corrected chi connectivity index (χ0v) is 14.7. The lowest BCUT2D eigenvalue weighted by Gasteiger charge is -2.21. The first kappa shape index (κ1) is 16.9. The van der Waals surface area contributed by atoms with Gasteiger partial charge in [-0.3, -0.25) is 4.79 Å². The van der Waals surface area contributed by atoms with E-state index in [2.05, 4.69) is 15.3 Å². The lowest BCUT2D eigenvalue weighted by Crippen LogP contribution is -2.28. The summed E-state index contributed by atoms with van der Waals surface area (Å²) in [4.78, 5) is 22.1. The molecule has 0 aliphatic carbocycles. The number of rotatable bonds is 4. The molecule has 6 heteroatoms. The van der Waals surface area contributed by atoms with Crippen molar-refractivity contribution in [2.75, 3.05) is 18.5 Å². The van der Waals surface area contributed by atoms with Gasteiger partial charge in [-0.2, -0.15) is 0 Å². The fourth-order valence-corrected chi connectivity index (χ4v) is 3.52. The summed E-state index contributed by atoms with van der Waals surface area (Å²) in [6.07, 6.45) is 1.59. The predicted molar refractivity (Wildman–Crippen MR) is 94.2 cm³/mol. The van der Waals surface area contributed by atoms with Gasteiger partial charge in [0.2, 0.25) is 5.91 Å². The molecule has 2 heterocycles. The van der Waals surface area contributed by atoms with Crippen LogP contribution in [0.15, 0.2) is 40.4 Å². The average Bonchev–Trinajstić information content (AvgIpc) is 2.56. The molecule has 0 spiro atoms. The molecule has 0 atom stereocenters. The van der Waals surface area contributed by atoms with E-state index >= 15 is 0 Å². The van der Waals surface area contributed by atoms with E-state index in [0.717, 1.165) is 40.0 Å². The number of nitrogens with zero attached hydrogens (tertiary/aromatic N) is 2. The van der Waals surface area contributed by atoms with Crippen LogP contribution in [-0.2, 0) is 9.53 Å². The molecule has 0 unspecified atom stereocenters. The molecule has 1 amide bonds. The maximum absolute atomic E-state index is 12.2. The Morgan fingerprint density at radius 3 is 2.38 bits per heavy atom. The van der Waals surface area contributed by atoms with E-state index in [4.69, 9.17) is 4.74 Å². The number of amides is 1. The summed E-state index contributed by atoms with van der Waals surface area (Å²) in [7, 11) is 0. The Hall–Kier alpha value is -1.92. The highest BCUT2D eigenvalue weighted by Gasteiger charge is 2.21. The number of ether oxygens (including phenoxy) is 1. The van der Waals surface area contributed by atoms with E-state index in [1.165, 1.54) is 11.8 Å². The van der Waals surface area contributed by atoms with Crippen LogP contribution in [-0.4, -0.2) is 29.1 Å². The Bertz CT molecular complexity index is 692. The van der Waals surface area contributed by atoms with E-state index in [0.29, 0.717) is 13.2 Å². The number of hydrogen-bond donors (Lipinski definition) is 1. The molecule has 24 heavy (non-hydrogen) atoms. The Morgan fingerprint density at radius 1 is 1.12 bits per heavy atom. The van der Waals surface area contributed by atoms with Crippen LogP contribution in [0.2, 0.25) is 0 Å². The van der Waals surface area contributed by atoms with Crippen molar-refractivity contribution in [2.45, 2.75) is 36.7 Å². The summed E-state index contributed by atoms with van der Waals surface area (Å²) in [5.41, 5.74) is 2.74. The Morgan fingerprint density at radius 2 is 1.75 bits per heavy atom. The molecular weight excluding hydrogens is 322 g/mol.